The molecule has 0 aromatic carbocycles. The Hall–Kier alpha value is -0.930. The van der Waals surface area contributed by atoms with E-state index in [1.807, 2.05) is 12.3 Å². The third-order valence-corrected chi connectivity index (χ3v) is 3.05. The predicted molar refractivity (Wildman–Crippen MR) is 59.6 cm³/mol. The molecule has 2 N–H and O–H groups in total. The second kappa shape index (κ2) is 4.73. The lowest BCUT2D eigenvalue weighted by Crippen LogP contribution is -2.45. The highest BCUT2D eigenvalue weighted by Crippen LogP contribution is 2.21. The van der Waals surface area contributed by atoms with E-state index in [4.69, 9.17) is 0 Å². The Labute approximate surface area is 90.5 Å². The summed E-state index contributed by atoms with van der Waals surface area (Å²) in [4.78, 5) is 4.07. The number of nitrogens with one attached hydrogen (secondary N) is 1. The number of aryl methyl sites for hydroxylation is 1. The number of hydrogen-bond donors (Lipinski definition) is 2. The van der Waals surface area contributed by atoms with E-state index in [1.165, 1.54) is 5.56 Å². The maximum atomic E-state index is 10.2. The Kier molecular flexibility index (Phi) is 3.34. The first-order chi connectivity index (χ1) is 7.29. The highest BCUT2D eigenvalue weighted by Gasteiger charge is 2.28. The van der Waals surface area contributed by atoms with Gasteiger partial charge >= 0.3 is 0 Å². The van der Waals surface area contributed by atoms with Crippen LogP contribution in [-0.4, -0.2) is 28.8 Å². The molecule has 1 aliphatic heterocycles. The van der Waals surface area contributed by atoms with Crippen LogP contribution in [0, 0.1) is 0 Å². The lowest BCUT2D eigenvalue weighted by Gasteiger charge is -2.32. The molecule has 0 bridgehead atoms. The third kappa shape index (κ3) is 3.01. The van der Waals surface area contributed by atoms with Crippen molar-refractivity contribution in [2.24, 2.45) is 0 Å². The monoisotopic (exact) mass is 206 g/mol. The molecule has 1 aliphatic rings. The van der Waals surface area contributed by atoms with Gasteiger partial charge < -0.3 is 10.4 Å². The summed E-state index contributed by atoms with van der Waals surface area (Å²) < 4.78 is 0. The van der Waals surface area contributed by atoms with Gasteiger partial charge in [-0.15, -0.1) is 0 Å². The highest BCUT2D eigenvalue weighted by atomic mass is 16.3. The normalized spacial score (nSPS) is 26.5. The molecule has 15 heavy (non-hydrogen) atoms. The lowest BCUT2D eigenvalue weighted by atomic mass is 9.88. The fourth-order valence-corrected chi connectivity index (χ4v) is 2.09. The second-order valence-electron chi connectivity index (χ2n) is 4.37. The van der Waals surface area contributed by atoms with Crippen LogP contribution in [0.2, 0.25) is 0 Å². The van der Waals surface area contributed by atoms with E-state index in [0.717, 1.165) is 38.8 Å². The van der Waals surface area contributed by atoms with Crippen LogP contribution in [0.25, 0.3) is 0 Å². The number of piperidine rings is 1. The maximum Gasteiger partial charge on any atom is 0.0775 e. The lowest BCUT2D eigenvalue weighted by molar-refractivity contribution is 0.00887. The number of pyridine rings is 1. The first kappa shape index (κ1) is 10.6. The van der Waals surface area contributed by atoms with Crippen LogP contribution in [0.15, 0.2) is 24.5 Å². The molecule has 0 amide bonds. The van der Waals surface area contributed by atoms with Gasteiger partial charge in [0.05, 0.1) is 5.60 Å². The van der Waals surface area contributed by atoms with Gasteiger partial charge in [-0.1, -0.05) is 6.07 Å². The van der Waals surface area contributed by atoms with Gasteiger partial charge in [0.15, 0.2) is 0 Å². The first-order valence-corrected chi connectivity index (χ1v) is 5.61. The summed E-state index contributed by atoms with van der Waals surface area (Å²) in [6, 6.07) is 4.01. The molecule has 0 saturated carbocycles. The molecule has 3 nitrogen and oxygen atoms in total. The van der Waals surface area contributed by atoms with E-state index in [1.54, 1.807) is 6.20 Å². The van der Waals surface area contributed by atoms with Gasteiger partial charge in [-0.25, -0.2) is 0 Å². The van der Waals surface area contributed by atoms with Crippen molar-refractivity contribution in [1.29, 1.82) is 0 Å². The molecule has 0 spiro atoms. The van der Waals surface area contributed by atoms with Gasteiger partial charge in [-0.3, -0.25) is 4.98 Å². The van der Waals surface area contributed by atoms with E-state index < -0.39 is 5.60 Å². The van der Waals surface area contributed by atoms with Gasteiger partial charge in [0, 0.05) is 18.9 Å². The van der Waals surface area contributed by atoms with Gasteiger partial charge in [-0.05, 0) is 43.9 Å². The first-order valence-electron chi connectivity index (χ1n) is 5.61. The number of aromatic nitrogens is 1. The van der Waals surface area contributed by atoms with Crippen LogP contribution >= 0.6 is 0 Å². The molecule has 2 heterocycles. The van der Waals surface area contributed by atoms with Crippen LogP contribution < -0.4 is 5.32 Å². The highest BCUT2D eigenvalue weighted by molar-refractivity contribution is 5.09. The standard InChI is InChI=1S/C12H18N2O/c15-12(5-2-8-14-10-12)6-4-11-3-1-7-13-9-11/h1,3,7,9,14-15H,2,4-6,8,10H2. The maximum absolute atomic E-state index is 10.2. The molecular formula is C12H18N2O. The molecule has 2 rings (SSSR count). The van der Waals surface area contributed by atoms with Crippen molar-refractivity contribution in [3.63, 3.8) is 0 Å². The summed E-state index contributed by atoms with van der Waals surface area (Å²) in [6.07, 6.45) is 7.38. The minimum Gasteiger partial charge on any atom is -0.389 e. The molecule has 3 heteroatoms. The Morgan fingerprint density at radius 2 is 2.47 bits per heavy atom. The summed E-state index contributed by atoms with van der Waals surface area (Å²) in [5, 5.41) is 13.5. The van der Waals surface area contributed by atoms with Crippen molar-refractivity contribution >= 4 is 0 Å². The van der Waals surface area contributed by atoms with Crippen LogP contribution in [0.4, 0.5) is 0 Å². The Morgan fingerprint density at radius 1 is 1.53 bits per heavy atom. The quantitative estimate of drug-likeness (QED) is 0.779. The van der Waals surface area contributed by atoms with E-state index in [-0.39, 0.29) is 0 Å². The fraction of sp³-hybridized carbons (Fsp3) is 0.583. The number of hydrogen-bond acceptors (Lipinski definition) is 3. The molecule has 1 aromatic heterocycles. The molecule has 1 fully saturated rings. The van der Waals surface area contributed by atoms with Crippen LogP contribution in [-0.2, 0) is 6.42 Å². The van der Waals surface area contributed by atoms with Crippen molar-refractivity contribution < 1.29 is 5.11 Å². The zero-order chi connectivity index (χ0) is 10.6. The van der Waals surface area contributed by atoms with E-state index >= 15 is 0 Å². The molecular weight excluding hydrogens is 188 g/mol. The average molecular weight is 206 g/mol. The molecule has 82 valence electrons. The van der Waals surface area contributed by atoms with E-state index in [0.29, 0.717) is 0 Å². The molecule has 1 atom stereocenters. The number of aliphatic hydroxyl groups is 1. The Balaban J connectivity index is 1.87. The van der Waals surface area contributed by atoms with Gasteiger partial charge in [0.25, 0.3) is 0 Å². The SMILES string of the molecule is OC1(CCc2cccnc2)CCCNC1. The van der Waals surface area contributed by atoms with Crippen molar-refractivity contribution in [2.45, 2.75) is 31.3 Å². The third-order valence-electron chi connectivity index (χ3n) is 3.05. The molecule has 1 aromatic rings. The van der Waals surface area contributed by atoms with E-state index in [9.17, 15) is 5.11 Å². The van der Waals surface area contributed by atoms with Crippen LogP contribution in [0.3, 0.4) is 0 Å². The number of rotatable bonds is 3. The summed E-state index contributed by atoms with van der Waals surface area (Å²) in [7, 11) is 0. The summed E-state index contributed by atoms with van der Waals surface area (Å²) in [5.41, 5.74) is 0.699. The Bertz CT molecular complexity index is 294. The van der Waals surface area contributed by atoms with Crippen molar-refractivity contribution in [2.75, 3.05) is 13.1 Å². The van der Waals surface area contributed by atoms with Crippen molar-refractivity contribution in [3.05, 3.63) is 30.1 Å². The van der Waals surface area contributed by atoms with Crippen LogP contribution in [0.1, 0.15) is 24.8 Å². The van der Waals surface area contributed by atoms with E-state index in [2.05, 4.69) is 16.4 Å². The summed E-state index contributed by atoms with van der Waals surface area (Å²) in [6.45, 7) is 1.77. The van der Waals surface area contributed by atoms with Gasteiger partial charge in [0.2, 0.25) is 0 Å². The van der Waals surface area contributed by atoms with Crippen LogP contribution in [0.5, 0.6) is 0 Å². The molecule has 1 unspecified atom stereocenters. The predicted octanol–water partition coefficient (Wildman–Crippen LogP) is 1.13. The Morgan fingerprint density at radius 3 is 3.13 bits per heavy atom. The molecule has 0 aliphatic carbocycles. The zero-order valence-corrected chi connectivity index (χ0v) is 8.95. The number of β-amino-alcohol motifs (C(OH)–C–C–N with tert-alkyl or cyclic N) is 1. The summed E-state index contributed by atoms with van der Waals surface area (Å²) in [5.74, 6) is 0. The summed E-state index contributed by atoms with van der Waals surface area (Å²) >= 11 is 0. The average Bonchev–Trinajstić information content (AvgIpc) is 2.29. The van der Waals surface area contributed by atoms with Gasteiger partial charge in [0.1, 0.15) is 0 Å². The van der Waals surface area contributed by atoms with Crippen molar-refractivity contribution in [1.82, 2.24) is 10.3 Å². The molecule has 1 saturated heterocycles. The van der Waals surface area contributed by atoms with Gasteiger partial charge in [-0.2, -0.15) is 0 Å². The fourth-order valence-electron chi connectivity index (χ4n) is 2.09. The minimum atomic E-state index is -0.506. The topological polar surface area (TPSA) is 45.2 Å². The number of nitrogens with zero attached hydrogens (tertiary/aromatic N) is 1. The van der Waals surface area contributed by atoms with Crippen molar-refractivity contribution in [3.8, 4) is 0 Å². The minimum absolute atomic E-state index is 0.506. The smallest absolute Gasteiger partial charge is 0.0775 e. The second-order valence-corrected chi connectivity index (χ2v) is 4.37. The largest absolute Gasteiger partial charge is 0.389 e. The molecule has 0 radical (unpaired) electrons. The zero-order valence-electron chi connectivity index (χ0n) is 8.95.